The molecule has 0 radical (unpaired) electrons. The summed E-state index contributed by atoms with van der Waals surface area (Å²) >= 11 is 9.72. The zero-order chi connectivity index (χ0) is 32.5. The fourth-order valence-corrected chi connectivity index (χ4v) is 7.79. The minimum absolute atomic E-state index is 0.0280. The highest BCUT2D eigenvalue weighted by Crippen LogP contribution is 2.45. The normalized spacial score (nSPS) is 17.0. The van der Waals surface area contributed by atoms with Gasteiger partial charge < -0.3 is 14.5 Å². The molecule has 2 aromatic heterocycles. The number of aryl methyl sites for hydroxylation is 1. The molecule has 13 heteroatoms. The summed E-state index contributed by atoms with van der Waals surface area (Å²) in [5.41, 5.74) is -0.00159. The molecule has 0 unspecified atom stereocenters. The summed E-state index contributed by atoms with van der Waals surface area (Å²) in [6.07, 6.45) is 3.54. The minimum atomic E-state index is -4.12. The lowest BCUT2D eigenvalue weighted by Gasteiger charge is -2.54. The standard InChI is InChI=1S/C31H37BrClFN4O5S/c1-17(2)23-24(18(3)8-11-35-23)38-25-19(14-20(33)21(32)22(25)34)26(27(28(38)39)44(7,41)42)36-12-9-31(10-13-36)15-37(16-31)29(40)43-30(4,5)6/h8,11,14,17H,9-10,12-13,15-16H2,1-7H3. The Labute approximate surface area is 270 Å². The largest absolute Gasteiger partial charge is 0.444 e. The van der Waals surface area contributed by atoms with Gasteiger partial charge in [-0.05, 0) is 80.1 Å². The summed E-state index contributed by atoms with van der Waals surface area (Å²) in [6, 6.07) is 3.22. The Morgan fingerprint density at radius 1 is 1.18 bits per heavy atom. The molecule has 0 N–H and O–H groups in total. The molecular weight excluding hydrogens is 675 g/mol. The van der Waals surface area contributed by atoms with Gasteiger partial charge in [0.1, 0.15) is 5.60 Å². The number of rotatable bonds is 4. The third-order valence-corrected chi connectivity index (χ3v) is 10.8. The van der Waals surface area contributed by atoms with E-state index in [2.05, 4.69) is 20.9 Å². The van der Waals surface area contributed by atoms with Crippen LogP contribution in [0.5, 0.6) is 0 Å². The summed E-state index contributed by atoms with van der Waals surface area (Å²) < 4.78 is 49.9. The van der Waals surface area contributed by atoms with E-state index < -0.39 is 31.7 Å². The number of carbonyl (C=O) groups is 1. The maximum Gasteiger partial charge on any atom is 0.410 e. The van der Waals surface area contributed by atoms with Gasteiger partial charge in [-0.2, -0.15) is 0 Å². The number of benzene rings is 1. The van der Waals surface area contributed by atoms with Gasteiger partial charge in [0, 0.05) is 49.4 Å². The molecule has 0 bridgehead atoms. The van der Waals surface area contributed by atoms with Crippen molar-refractivity contribution in [3.63, 3.8) is 0 Å². The van der Waals surface area contributed by atoms with Crippen LogP contribution < -0.4 is 10.5 Å². The summed E-state index contributed by atoms with van der Waals surface area (Å²) in [4.78, 5) is 34.6. The molecule has 0 atom stereocenters. The van der Waals surface area contributed by atoms with E-state index in [1.807, 2.05) is 39.5 Å². The maximum atomic E-state index is 16.3. The zero-order valence-corrected chi connectivity index (χ0v) is 29.1. The number of piperidine rings is 1. The van der Waals surface area contributed by atoms with Crippen LogP contribution in [0.25, 0.3) is 16.6 Å². The monoisotopic (exact) mass is 710 g/mol. The molecule has 2 aliphatic rings. The third-order valence-electron chi connectivity index (χ3n) is 8.37. The van der Waals surface area contributed by atoms with Crippen molar-refractivity contribution in [1.82, 2.24) is 14.5 Å². The molecule has 2 fully saturated rings. The van der Waals surface area contributed by atoms with Crippen molar-refractivity contribution in [2.24, 2.45) is 5.41 Å². The fraction of sp³-hybridized carbons (Fsp3) is 0.516. The van der Waals surface area contributed by atoms with Gasteiger partial charge in [-0.25, -0.2) is 17.6 Å². The average Bonchev–Trinajstić information content (AvgIpc) is 2.89. The second-order valence-electron chi connectivity index (χ2n) is 13.3. The topological polar surface area (TPSA) is 102 Å². The van der Waals surface area contributed by atoms with Gasteiger partial charge in [0.2, 0.25) is 0 Å². The number of anilines is 1. The van der Waals surface area contributed by atoms with Crippen molar-refractivity contribution < 1.29 is 22.3 Å². The van der Waals surface area contributed by atoms with Gasteiger partial charge in [0.25, 0.3) is 5.56 Å². The van der Waals surface area contributed by atoms with E-state index in [-0.39, 0.29) is 43.5 Å². The number of ether oxygens (including phenoxy) is 1. The van der Waals surface area contributed by atoms with Crippen molar-refractivity contribution in [3.8, 4) is 5.69 Å². The number of carbonyl (C=O) groups excluding carboxylic acids is 1. The van der Waals surface area contributed by atoms with Crippen LogP contribution >= 0.6 is 27.5 Å². The Hall–Kier alpha value is -2.70. The van der Waals surface area contributed by atoms with Crippen LogP contribution in [0.3, 0.4) is 0 Å². The van der Waals surface area contributed by atoms with E-state index in [9.17, 15) is 18.0 Å². The summed E-state index contributed by atoms with van der Waals surface area (Å²) in [5.74, 6) is -0.919. The third kappa shape index (κ3) is 5.73. The Morgan fingerprint density at radius 3 is 2.34 bits per heavy atom. The highest BCUT2D eigenvalue weighted by atomic mass is 79.9. The Bertz CT molecular complexity index is 1840. The van der Waals surface area contributed by atoms with Crippen molar-refractivity contribution in [3.05, 3.63) is 55.3 Å². The zero-order valence-electron chi connectivity index (χ0n) is 25.9. The van der Waals surface area contributed by atoms with Gasteiger partial charge in [-0.15, -0.1) is 0 Å². The quantitative estimate of drug-likeness (QED) is 0.281. The van der Waals surface area contributed by atoms with Crippen LogP contribution in [-0.4, -0.2) is 67.0 Å². The van der Waals surface area contributed by atoms with E-state index in [0.717, 1.165) is 10.8 Å². The number of amides is 1. The van der Waals surface area contributed by atoms with Crippen molar-refractivity contribution in [1.29, 1.82) is 0 Å². The molecule has 4 heterocycles. The Morgan fingerprint density at radius 2 is 1.80 bits per heavy atom. The smallest absolute Gasteiger partial charge is 0.410 e. The van der Waals surface area contributed by atoms with Crippen molar-refractivity contribution >= 4 is 60.1 Å². The number of nitrogens with zero attached hydrogens (tertiary/aromatic N) is 4. The first kappa shape index (κ1) is 32.7. The maximum absolute atomic E-state index is 16.3. The lowest BCUT2D eigenvalue weighted by atomic mass is 9.72. The first-order chi connectivity index (χ1) is 20.3. The average molecular weight is 712 g/mol. The van der Waals surface area contributed by atoms with Crippen LogP contribution in [0.1, 0.15) is 64.6 Å². The van der Waals surface area contributed by atoms with Gasteiger partial charge in [0.15, 0.2) is 20.5 Å². The van der Waals surface area contributed by atoms with Gasteiger partial charge in [-0.3, -0.25) is 14.3 Å². The number of likely N-dealkylation sites (tertiary alicyclic amines) is 1. The Kier molecular flexibility index (Phi) is 8.38. The van der Waals surface area contributed by atoms with E-state index >= 15 is 4.39 Å². The molecule has 1 amide bonds. The van der Waals surface area contributed by atoms with Crippen LogP contribution in [0.15, 0.2) is 32.5 Å². The molecule has 0 aliphatic carbocycles. The van der Waals surface area contributed by atoms with Crippen LogP contribution in [0, 0.1) is 18.2 Å². The van der Waals surface area contributed by atoms with Gasteiger partial charge >= 0.3 is 6.09 Å². The SMILES string of the molecule is Cc1ccnc(C(C)C)c1-n1c(=O)c(S(C)(=O)=O)c(N2CCC3(CC2)CN(C(=O)OC(C)(C)C)C3)c2cc(Cl)c(Br)c(F)c21. The predicted molar refractivity (Wildman–Crippen MR) is 174 cm³/mol. The van der Waals surface area contributed by atoms with E-state index in [1.54, 1.807) is 24.1 Å². The molecule has 44 heavy (non-hydrogen) atoms. The molecule has 0 saturated carbocycles. The summed E-state index contributed by atoms with van der Waals surface area (Å²) in [5, 5.41) is 0.266. The number of fused-ring (bicyclic) bond motifs is 1. The van der Waals surface area contributed by atoms with Crippen molar-refractivity contribution in [2.75, 3.05) is 37.3 Å². The predicted octanol–water partition coefficient (Wildman–Crippen LogP) is 6.61. The molecule has 2 saturated heterocycles. The summed E-state index contributed by atoms with van der Waals surface area (Å²) in [6.45, 7) is 12.9. The first-order valence-corrected chi connectivity index (χ1v) is 17.6. The lowest BCUT2D eigenvalue weighted by molar-refractivity contribution is -0.0434. The van der Waals surface area contributed by atoms with Crippen molar-refractivity contribution in [2.45, 2.75) is 70.8 Å². The van der Waals surface area contributed by atoms with E-state index in [0.29, 0.717) is 56.0 Å². The van der Waals surface area contributed by atoms with Gasteiger partial charge in [-0.1, -0.05) is 25.4 Å². The van der Waals surface area contributed by atoms with Crippen LogP contribution in [-0.2, 0) is 14.6 Å². The molecule has 1 aromatic carbocycles. The van der Waals surface area contributed by atoms with E-state index in [1.165, 1.54) is 6.07 Å². The molecule has 3 aromatic rings. The number of pyridine rings is 2. The Balaban J connectivity index is 1.67. The first-order valence-electron chi connectivity index (χ1n) is 14.5. The van der Waals surface area contributed by atoms with E-state index in [4.69, 9.17) is 16.3 Å². The molecule has 238 valence electrons. The number of halogens is 3. The molecular formula is C31H37BrClFN4O5S. The van der Waals surface area contributed by atoms with Crippen LogP contribution in [0.2, 0.25) is 5.02 Å². The molecule has 9 nitrogen and oxygen atoms in total. The number of sulfone groups is 1. The summed E-state index contributed by atoms with van der Waals surface area (Å²) in [7, 11) is -4.12. The molecule has 1 spiro atoms. The molecule has 5 rings (SSSR count). The second-order valence-corrected chi connectivity index (χ2v) is 16.5. The number of hydrogen-bond donors (Lipinski definition) is 0. The highest BCUT2D eigenvalue weighted by molar-refractivity contribution is 9.10. The minimum Gasteiger partial charge on any atom is -0.444 e. The second kappa shape index (κ2) is 11.3. The highest BCUT2D eigenvalue weighted by Gasteiger charge is 2.48. The number of hydrogen-bond acceptors (Lipinski definition) is 7. The van der Waals surface area contributed by atoms with Crippen LogP contribution in [0.4, 0.5) is 14.9 Å². The van der Waals surface area contributed by atoms with Gasteiger partial charge in [0.05, 0.1) is 32.1 Å². The fourth-order valence-electron chi connectivity index (χ4n) is 6.30. The molecule has 2 aliphatic heterocycles. The lowest BCUT2D eigenvalue weighted by Crippen LogP contribution is -2.62. The number of aromatic nitrogens is 2.